The van der Waals surface area contributed by atoms with Gasteiger partial charge in [-0.2, -0.15) is 0 Å². The molecule has 0 saturated heterocycles. The van der Waals surface area contributed by atoms with Crippen molar-refractivity contribution in [2.24, 2.45) is 11.5 Å². The molecular weight excluding hydrogens is 238 g/mol. The van der Waals surface area contributed by atoms with E-state index >= 15 is 0 Å². The van der Waals surface area contributed by atoms with Crippen molar-refractivity contribution in [3.8, 4) is 0 Å². The third-order valence-electron chi connectivity index (χ3n) is 2.03. The third kappa shape index (κ3) is 4.80. The van der Waals surface area contributed by atoms with Gasteiger partial charge in [0.05, 0.1) is 0 Å². The molecule has 0 saturated carbocycles. The first-order valence-corrected chi connectivity index (χ1v) is 4.93. The van der Waals surface area contributed by atoms with Crippen LogP contribution >= 0.6 is 24.0 Å². The standard InChI is InChI=1S/C10H14ClFN2.ClH/c11-8-4-7(5-9(12)6-8)10(14)2-1-3-13;/h4-6,10H,1-3,13-14H2;1H/t10-;/m1./s1. The van der Waals surface area contributed by atoms with Crippen LogP contribution in [0.25, 0.3) is 0 Å². The molecule has 1 aromatic carbocycles. The fourth-order valence-electron chi connectivity index (χ4n) is 1.29. The molecule has 0 aliphatic rings. The number of rotatable bonds is 4. The third-order valence-corrected chi connectivity index (χ3v) is 2.25. The average molecular weight is 253 g/mol. The summed E-state index contributed by atoms with van der Waals surface area (Å²) in [4.78, 5) is 0. The number of nitrogens with two attached hydrogens (primary N) is 2. The number of hydrogen-bond donors (Lipinski definition) is 2. The van der Waals surface area contributed by atoms with Crippen LogP contribution < -0.4 is 11.5 Å². The molecule has 5 heteroatoms. The van der Waals surface area contributed by atoms with Crippen molar-refractivity contribution in [2.75, 3.05) is 6.54 Å². The van der Waals surface area contributed by atoms with Gasteiger partial charge in [0.2, 0.25) is 0 Å². The van der Waals surface area contributed by atoms with Crippen LogP contribution in [-0.4, -0.2) is 6.54 Å². The van der Waals surface area contributed by atoms with Crippen molar-refractivity contribution in [1.82, 2.24) is 0 Å². The highest BCUT2D eigenvalue weighted by atomic mass is 35.5. The second kappa shape index (κ2) is 7.01. The Morgan fingerprint density at radius 1 is 1.33 bits per heavy atom. The zero-order chi connectivity index (χ0) is 10.6. The molecule has 0 aliphatic carbocycles. The van der Waals surface area contributed by atoms with Crippen molar-refractivity contribution < 1.29 is 4.39 Å². The maximum Gasteiger partial charge on any atom is 0.125 e. The molecule has 0 bridgehead atoms. The van der Waals surface area contributed by atoms with Gasteiger partial charge in [0.25, 0.3) is 0 Å². The summed E-state index contributed by atoms with van der Waals surface area (Å²) >= 11 is 5.71. The molecule has 0 spiro atoms. The first-order valence-electron chi connectivity index (χ1n) is 4.55. The summed E-state index contributed by atoms with van der Waals surface area (Å²) in [5, 5.41) is 0.378. The summed E-state index contributed by atoms with van der Waals surface area (Å²) < 4.78 is 12.9. The molecule has 2 nitrogen and oxygen atoms in total. The molecule has 0 fully saturated rings. The summed E-state index contributed by atoms with van der Waals surface area (Å²) in [6, 6.07) is 4.17. The first-order chi connectivity index (χ1) is 6.63. The van der Waals surface area contributed by atoms with Crippen molar-refractivity contribution >= 4 is 24.0 Å². The van der Waals surface area contributed by atoms with Gasteiger partial charge < -0.3 is 11.5 Å². The van der Waals surface area contributed by atoms with Gasteiger partial charge in [-0.05, 0) is 43.1 Å². The molecule has 1 rings (SSSR count). The molecule has 0 heterocycles. The van der Waals surface area contributed by atoms with Gasteiger partial charge in [0, 0.05) is 11.1 Å². The fourth-order valence-corrected chi connectivity index (χ4v) is 1.52. The summed E-state index contributed by atoms with van der Waals surface area (Å²) in [6.07, 6.45) is 1.57. The predicted octanol–water partition coefficient (Wildman–Crippen LogP) is 2.64. The average Bonchev–Trinajstić information content (AvgIpc) is 2.12. The van der Waals surface area contributed by atoms with E-state index in [0.29, 0.717) is 11.6 Å². The Balaban J connectivity index is 0.00000196. The van der Waals surface area contributed by atoms with Crippen LogP contribution in [0.15, 0.2) is 18.2 Å². The Morgan fingerprint density at radius 2 is 2.00 bits per heavy atom. The van der Waals surface area contributed by atoms with Crippen LogP contribution in [-0.2, 0) is 0 Å². The molecule has 15 heavy (non-hydrogen) atoms. The SMILES string of the molecule is Cl.NCCC[C@@H](N)c1cc(F)cc(Cl)c1. The Morgan fingerprint density at radius 3 is 2.53 bits per heavy atom. The Hall–Kier alpha value is -0.350. The van der Waals surface area contributed by atoms with E-state index in [1.165, 1.54) is 12.1 Å². The summed E-state index contributed by atoms with van der Waals surface area (Å²) in [5.74, 6) is -0.351. The summed E-state index contributed by atoms with van der Waals surface area (Å²) in [7, 11) is 0. The van der Waals surface area contributed by atoms with Crippen LogP contribution in [0.2, 0.25) is 5.02 Å². The highest BCUT2D eigenvalue weighted by Crippen LogP contribution is 2.21. The van der Waals surface area contributed by atoms with Crippen LogP contribution in [0, 0.1) is 5.82 Å². The van der Waals surface area contributed by atoms with E-state index in [0.717, 1.165) is 18.4 Å². The van der Waals surface area contributed by atoms with E-state index in [1.807, 2.05) is 0 Å². The molecule has 1 aromatic rings. The Bertz CT molecular complexity index is 287. The molecule has 4 N–H and O–H groups in total. The minimum atomic E-state index is -0.351. The van der Waals surface area contributed by atoms with E-state index in [9.17, 15) is 4.39 Å². The van der Waals surface area contributed by atoms with Gasteiger partial charge >= 0.3 is 0 Å². The maximum atomic E-state index is 12.9. The normalized spacial score (nSPS) is 12.0. The van der Waals surface area contributed by atoms with E-state index in [2.05, 4.69) is 0 Å². The quantitative estimate of drug-likeness (QED) is 0.866. The van der Waals surface area contributed by atoms with Crippen molar-refractivity contribution in [3.63, 3.8) is 0 Å². The van der Waals surface area contributed by atoms with Gasteiger partial charge in [-0.15, -0.1) is 12.4 Å². The molecule has 86 valence electrons. The minimum Gasteiger partial charge on any atom is -0.330 e. The molecule has 0 unspecified atom stereocenters. The lowest BCUT2D eigenvalue weighted by atomic mass is 10.0. The first kappa shape index (κ1) is 14.6. The van der Waals surface area contributed by atoms with Gasteiger partial charge in [-0.1, -0.05) is 11.6 Å². The monoisotopic (exact) mass is 252 g/mol. The van der Waals surface area contributed by atoms with Crippen LogP contribution in [0.4, 0.5) is 4.39 Å². The van der Waals surface area contributed by atoms with Gasteiger partial charge in [-0.25, -0.2) is 4.39 Å². The molecule has 0 radical (unpaired) electrons. The van der Waals surface area contributed by atoms with E-state index < -0.39 is 0 Å². The van der Waals surface area contributed by atoms with Crippen LogP contribution in [0.3, 0.4) is 0 Å². The van der Waals surface area contributed by atoms with Crippen molar-refractivity contribution in [3.05, 3.63) is 34.6 Å². The van der Waals surface area contributed by atoms with E-state index in [4.69, 9.17) is 23.1 Å². The molecular formula is C10H15Cl2FN2. The van der Waals surface area contributed by atoms with Crippen molar-refractivity contribution in [1.29, 1.82) is 0 Å². The van der Waals surface area contributed by atoms with Crippen molar-refractivity contribution in [2.45, 2.75) is 18.9 Å². The highest BCUT2D eigenvalue weighted by Gasteiger charge is 2.07. The zero-order valence-corrected chi connectivity index (χ0v) is 9.82. The van der Waals surface area contributed by atoms with Gasteiger partial charge in [0.15, 0.2) is 0 Å². The number of hydrogen-bond acceptors (Lipinski definition) is 2. The van der Waals surface area contributed by atoms with E-state index in [1.54, 1.807) is 6.07 Å². The summed E-state index contributed by atoms with van der Waals surface area (Å²) in [5.41, 5.74) is 11.9. The maximum absolute atomic E-state index is 12.9. The second-order valence-electron chi connectivity index (χ2n) is 3.24. The topological polar surface area (TPSA) is 52.0 Å². The Kier molecular flexibility index (Phi) is 6.85. The zero-order valence-electron chi connectivity index (χ0n) is 8.25. The van der Waals surface area contributed by atoms with Crippen LogP contribution in [0.1, 0.15) is 24.4 Å². The summed E-state index contributed by atoms with van der Waals surface area (Å²) in [6.45, 7) is 0.594. The van der Waals surface area contributed by atoms with Gasteiger partial charge in [0.1, 0.15) is 5.82 Å². The van der Waals surface area contributed by atoms with Crippen LogP contribution in [0.5, 0.6) is 0 Å². The highest BCUT2D eigenvalue weighted by molar-refractivity contribution is 6.30. The molecule has 0 aromatic heterocycles. The number of benzene rings is 1. The predicted molar refractivity (Wildman–Crippen MR) is 63.9 cm³/mol. The van der Waals surface area contributed by atoms with Gasteiger partial charge in [-0.3, -0.25) is 0 Å². The minimum absolute atomic E-state index is 0. The van der Waals surface area contributed by atoms with E-state index in [-0.39, 0.29) is 24.3 Å². The Labute approximate surface area is 100 Å². The smallest absolute Gasteiger partial charge is 0.125 e. The molecule has 0 amide bonds. The lowest BCUT2D eigenvalue weighted by Crippen LogP contribution is -2.12. The molecule has 0 aliphatic heterocycles. The lowest BCUT2D eigenvalue weighted by molar-refractivity contribution is 0.597. The second-order valence-corrected chi connectivity index (χ2v) is 3.68. The fraction of sp³-hybridized carbons (Fsp3) is 0.400. The largest absolute Gasteiger partial charge is 0.330 e. The lowest BCUT2D eigenvalue weighted by Gasteiger charge is -2.11. The number of halogens is 3. The molecule has 1 atom stereocenters.